The van der Waals surface area contributed by atoms with Crippen LogP contribution in [0.15, 0.2) is 102 Å². The maximum atomic E-state index is 12.3. The molecule has 248 valence electrons. The summed E-state index contributed by atoms with van der Waals surface area (Å²) in [5, 5.41) is 5.78. The van der Waals surface area contributed by atoms with Crippen LogP contribution in [-0.4, -0.2) is 40.3 Å². The number of thioether (sulfide) groups is 1. The fourth-order valence-electron chi connectivity index (χ4n) is 5.38. The Balaban J connectivity index is 1.27. The average molecular weight is 680 g/mol. The minimum absolute atomic E-state index is 0.344. The summed E-state index contributed by atoms with van der Waals surface area (Å²) < 4.78 is 11.9. The van der Waals surface area contributed by atoms with E-state index in [1.165, 1.54) is 39.9 Å². The van der Waals surface area contributed by atoms with E-state index in [1.807, 2.05) is 64.8 Å². The molecule has 0 N–H and O–H groups in total. The van der Waals surface area contributed by atoms with E-state index in [2.05, 4.69) is 31.2 Å². The summed E-state index contributed by atoms with van der Waals surface area (Å²) in [4.78, 5) is 29.5. The van der Waals surface area contributed by atoms with Gasteiger partial charge in [0.1, 0.15) is 0 Å². The molecule has 0 aliphatic heterocycles. The lowest BCUT2D eigenvalue weighted by molar-refractivity contribution is 0.0592. The molecular formula is C39H41N3O4S2. The highest BCUT2D eigenvalue weighted by atomic mass is 32.2. The number of ether oxygens (including phenoxy) is 2. The number of rotatable bonds is 16. The Morgan fingerprint density at radius 2 is 1.19 bits per heavy atom. The fourth-order valence-corrected chi connectivity index (χ4v) is 7.27. The zero-order chi connectivity index (χ0) is 33.7. The van der Waals surface area contributed by atoms with Gasteiger partial charge in [0.05, 0.1) is 25.3 Å². The highest BCUT2D eigenvalue weighted by Gasteiger charge is 2.16. The molecule has 0 fully saturated rings. The van der Waals surface area contributed by atoms with Crippen LogP contribution in [0.3, 0.4) is 0 Å². The van der Waals surface area contributed by atoms with Gasteiger partial charge in [-0.3, -0.25) is 0 Å². The highest BCUT2D eigenvalue weighted by Crippen LogP contribution is 2.30. The molecular weight excluding hydrogens is 639 g/mol. The molecule has 9 heteroatoms. The van der Waals surface area contributed by atoms with Gasteiger partial charge in [-0.1, -0.05) is 129 Å². The summed E-state index contributed by atoms with van der Waals surface area (Å²) in [6, 6.07) is 31.6. The summed E-state index contributed by atoms with van der Waals surface area (Å²) in [5.74, 6) is 1.65. The molecule has 0 aliphatic carbocycles. The second-order valence-corrected chi connectivity index (χ2v) is 13.2. The number of carbonyl (C=O) groups excluding carboxylic acids is 2. The van der Waals surface area contributed by atoms with Crippen molar-refractivity contribution in [3.63, 3.8) is 0 Å². The van der Waals surface area contributed by atoms with E-state index in [-0.39, 0.29) is 11.9 Å². The van der Waals surface area contributed by atoms with Crippen LogP contribution < -0.4 is 0 Å². The maximum Gasteiger partial charge on any atom is 0.338 e. The van der Waals surface area contributed by atoms with Crippen LogP contribution in [0.25, 0.3) is 22.3 Å². The van der Waals surface area contributed by atoms with Crippen LogP contribution in [-0.2, 0) is 27.4 Å². The third kappa shape index (κ3) is 9.17. The molecule has 0 bridgehead atoms. The first-order valence-electron chi connectivity index (χ1n) is 16.3. The summed E-state index contributed by atoms with van der Waals surface area (Å²) in [7, 11) is 2.80. The van der Waals surface area contributed by atoms with Gasteiger partial charge in [0.25, 0.3) is 0 Å². The normalized spacial score (nSPS) is 11.0. The Labute approximate surface area is 291 Å². The highest BCUT2D eigenvalue weighted by molar-refractivity contribution is 8.00. The Kier molecular flexibility index (Phi) is 12.9. The lowest BCUT2D eigenvalue weighted by atomic mass is 9.99. The van der Waals surface area contributed by atoms with Crippen molar-refractivity contribution in [2.24, 2.45) is 0 Å². The predicted molar refractivity (Wildman–Crippen MR) is 195 cm³/mol. The van der Waals surface area contributed by atoms with Gasteiger partial charge in [-0.15, -0.1) is 5.10 Å². The molecule has 0 spiro atoms. The van der Waals surface area contributed by atoms with E-state index < -0.39 is 0 Å². The maximum absolute atomic E-state index is 12.3. The number of unbranched alkanes of at least 4 members (excludes halogenated alkanes) is 4. The van der Waals surface area contributed by atoms with E-state index in [1.54, 1.807) is 35.8 Å². The second kappa shape index (κ2) is 17.7. The molecule has 0 amide bonds. The minimum atomic E-state index is -0.345. The molecule has 1 heterocycles. The van der Waals surface area contributed by atoms with Gasteiger partial charge < -0.3 is 9.47 Å². The number of nitrogens with zero attached hydrogens (tertiary/aromatic N) is 3. The second-order valence-electron chi connectivity index (χ2n) is 11.4. The Morgan fingerprint density at radius 3 is 1.73 bits per heavy atom. The molecule has 0 aliphatic rings. The first-order chi connectivity index (χ1) is 23.5. The summed E-state index contributed by atoms with van der Waals surface area (Å²) in [5.41, 5.74) is 7.04. The SMILES string of the molecule is CCCCCCCc1nc(SCc2ccc(-c3ccccc3C(=O)OC)cc2)n(SCc2ccc(-c3ccccc3C(=O)OC)cc2)n1. The molecule has 5 rings (SSSR count). The Bertz CT molecular complexity index is 1680. The number of hydrogen-bond donors (Lipinski definition) is 0. The van der Waals surface area contributed by atoms with Gasteiger partial charge in [0.2, 0.25) is 0 Å². The average Bonchev–Trinajstić information content (AvgIpc) is 3.54. The molecule has 0 atom stereocenters. The van der Waals surface area contributed by atoms with E-state index >= 15 is 0 Å². The van der Waals surface area contributed by atoms with Gasteiger partial charge in [-0.05, 0) is 63.9 Å². The molecule has 0 saturated carbocycles. The lowest BCUT2D eigenvalue weighted by Gasteiger charge is -2.10. The minimum Gasteiger partial charge on any atom is -0.465 e. The molecule has 1 aromatic heterocycles. The molecule has 7 nitrogen and oxygen atoms in total. The van der Waals surface area contributed by atoms with Crippen LogP contribution in [0.1, 0.15) is 76.7 Å². The topological polar surface area (TPSA) is 83.3 Å². The summed E-state index contributed by atoms with van der Waals surface area (Å²) >= 11 is 3.30. The van der Waals surface area contributed by atoms with Crippen molar-refractivity contribution >= 4 is 35.6 Å². The van der Waals surface area contributed by atoms with Crippen molar-refractivity contribution < 1.29 is 19.1 Å². The first-order valence-corrected chi connectivity index (χ1v) is 18.2. The van der Waals surface area contributed by atoms with Crippen LogP contribution in [0, 0.1) is 0 Å². The first kappa shape index (κ1) is 35.0. The van der Waals surface area contributed by atoms with Crippen molar-refractivity contribution in [2.45, 2.75) is 62.1 Å². The number of carbonyl (C=O) groups is 2. The smallest absolute Gasteiger partial charge is 0.338 e. The molecule has 0 unspecified atom stereocenters. The van der Waals surface area contributed by atoms with Gasteiger partial charge in [-0.25, -0.2) is 14.6 Å². The van der Waals surface area contributed by atoms with E-state index in [9.17, 15) is 9.59 Å². The van der Waals surface area contributed by atoms with Gasteiger partial charge in [-0.2, -0.15) is 4.09 Å². The zero-order valence-electron chi connectivity index (χ0n) is 27.7. The number of methoxy groups -OCH3 is 2. The number of aromatic nitrogens is 3. The number of aryl methyl sites for hydroxylation is 1. The Morgan fingerprint density at radius 1 is 0.667 bits per heavy atom. The molecule has 4 aromatic carbocycles. The number of hydrogen-bond acceptors (Lipinski definition) is 8. The van der Waals surface area contributed by atoms with Crippen LogP contribution in [0.5, 0.6) is 0 Å². The number of benzene rings is 4. The molecule has 0 radical (unpaired) electrons. The predicted octanol–water partition coefficient (Wildman–Crippen LogP) is 9.69. The fraction of sp³-hybridized carbons (Fsp3) is 0.282. The third-order valence-electron chi connectivity index (χ3n) is 8.01. The van der Waals surface area contributed by atoms with Gasteiger partial charge >= 0.3 is 11.9 Å². The largest absolute Gasteiger partial charge is 0.465 e. The lowest BCUT2D eigenvalue weighted by Crippen LogP contribution is -2.03. The third-order valence-corrected chi connectivity index (χ3v) is 10.1. The summed E-state index contributed by atoms with van der Waals surface area (Å²) in [6.07, 6.45) is 6.87. The zero-order valence-corrected chi connectivity index (χ0v) is 29.3. The molecule has 0 saturated heterocycles. The van der Waals surface area contributed by atoms with E-state index in [0.717, 1.165) is 68.7 Å². The van der Waals surface area contributed by atoms with Gasteiger partial charge in [0.15, 0.2) is 11.0 Å². The van der Waals surface area contributed by atoms with Gasteiger partial charge in [0, 0.05) is 17.9 Å². The van der Waals surface area contributed by atoms with E-state index in [0.29, 0.717) is 11.1 Å². The summed E-state index contributed by atoms with van der Waals surface area (Å²) in [6.45, 7) is 2.23. The van der Waals surface area contributed by atoms with Crippen LogP contribution >= 0.6 is 23.7 Å². The quantitative estimate of drug-likeness (QED) is 0.0579. The Hall–Kier alpha value is -4.34. The van der Waals surface area contributed by atoms with Crippen LogP contribution in [0.2, 0.25) is 0 Å². The van der Waals surface area contributed by atoms with Crippen molar-refractivity contribution in [1.82, 2.24) is 14.2 Å². The van der Waals surface area contributed by atoms with Crippen LogP contribution in [0.4, 0.5) is 0 Å². The van der Waals surface area contributed by atoms with Crippen molar-refractivity contribution in [1.29, 1.82) is 0 Å². The van der Waals surface area contributed by atoms with Crippen molar-refractivity contribution in [3.05, 3.63) is 125 Å². The van der Waals surface area contributed by atoms with E-state index in [4.69, 9.17) is 19.6 Å². The standard InChI is InChI=1S/C39H41N3O4S2/c1-4-5-6-7-8-17-36-40-39(47-26-28-18-22-30(23-19-28)32-13-9-11-15-34(32)37(43)45-2)42(41-36)48-27-29-20-24-31(25-21-29)33-14-10-12-16-35(33)38(44)46-3/h9-16,18-25H,4-8,17,26-27H2,1-3H3. The van der Waals surface area contributed by atoms with Crippen molar-refractivity contribution in [3.8, 4) is 22.3 Å². The van der Waals surface area contributed by atoms with Crippen molar-refractivity contribution in [2.75, 3.05) is 14.2 Å². The number of esters is 2. The molecule has 5 aromatic rings. The molecule has 48 heavy (non-hydrogen) atoms. The monoisotopic (exact) mass is 679 g/mol.